The van der Waals surface area contributed by atoms with E-state index in [1.807, 2.05) is 38.1 Å². The number of carbonyl (C=O) groups is 4. The van der Waals surface area contributed by atoms with Crippen LogP contribution in [-0.4, -0.2) is 54.6 Å². The highest BCUT2D eigenvalue weighted by molar-refractivity contribution is 6.61. The van der Waals surface area contributed by atoms with E-state index in [0.717, 1.165) is 24.8 Å². The second kappa shape index (κ2) is 10.9. The van der Waals surface area contributed by atoms with E-state index in [-0.39, 0.29) is 24.9 Å². The molecule has 2 aliphatic carbocycles. The Labute approximate surface area is 200 Å². The van der Waals surface area contributed by atoms with E-state index < -0.39 is 41.0 Å². The maximum atomic E-state index is 12.9. The minimum atomic E-state index is -1.62. The summed E-state index contributed by atoms with van der Waals surface area (Å²) < 4.78 is 5.81. The lowest BCUT2D eigenvalue weighted by molar-refractivity contribution is -0.140. The summed E-state index contributed by atoms with van der Waals surface area (Å²) in [6.07, 6.45) is 7.71. The van der Waals surface area contributed by atoms with Crippen LogP contribution in [0.1, 0.15) is 57.4 Å². The van der Waals surface area contributed by atoms with Gasteiger partial charge in [-0.25, -0.2) is 0 Å². The second-order valence-corrected chi connectivity index (χ2v) is 9.46. The number of amides is 2. The largest absolute Gasteiger partial charge is 0.483 e. The van der Waals surface area contributed by atoms with E-state index in [9.17, 15) is 24.3 Å². The van der Waals surface area contributed by atoms with Crippen LogP contribution in [0.3, 0.4) is 0 Å². The van der Waals surface area contributed by atoms with Gasteiger partial charge in [0.2, 0.25) is 5.91 Å². The van der Waals surface area contributed by atoms with Crippen LogP contribution >= 0.6 is 0 Å². The fourth-order valence-corrected chi connectivity index (χ4v) is 4.41. The summed E-state index contributed by atoms with van der Waals surface area (Å²) >= 11 is 0. The molecule has 2 radical (unpaired) electrons. The third-order valence-electron chi connectivity index (χ3n) is 6.34. The summed E-state index contributed by atoms with van der Waals surface area (Å²) in [5.41, 5.74) is -1.51. The monoisotopic (exact) mass is 466 g/mol. The smallest absolute Gasteiger partial charge is 0.309 e. The third kappa shape index (κ3) is 6.07. The third-order valence-corrected chi connectivity index (χ3v) is 6.34. The standard InChI is InChI=1S/C25H31BN2O6/c1-15(2)12-19(22(30)28-25(24(26)33)13-18(25)23(31)32)27-21(29)14-34-20-11-7-6-10-17(20)16-8-4-3-5-9-16/h4,6-8,10-11,15-16,18-19H,3,5,9,12-14H2,1-2H3,(H,27,29)(H,28,30)(H,31,32)/t16?,18?,19-,25?/m0/s1. The average Bonchev–Trinajstić information content (AvgIpc) is 3.54. The van der Waals surface area contributed by atoms with Crippen LogP contribution in [0, 0.1) is 11.8 Å². The van der Waals surface area contributed by atoms with Gasteiger partial charge in [0.05, 0.1) is 5.92 Å². The quantitative estimate of drug-likeness (QED) is 0.339. The van der Waals surface area contributed by atoms with Crippen LogP contribution in [0.2, 0.25) is 0 Å². The maximum absolute atomic E-state index is 12.9. The fraction of sp³-hybridized carbons (Fsp3) is 0.520. The molecule has 3 N–H and O–H groups in total. The van der Waals surface area contributed by atoms with Crippen LogP contribution in [0.15, 0.2) is 36.4 Å². The highest BCUT2D eigenvalue weighted by atomic mass is 16.5. The molecule has 0 aromatic heterocycles. The zero-order valence-corrected chi connectivity index (χ0v) is 19.6. The van der Waals surface area contributed by atoms with Crippen molar-refractivity contribution in [1.29, 1.82) is 0 Å². The van der Waals surface area contributed by atoms with Crippen molar-refractivity contribution in [1.82, 2.24) is 10.6 Å². The zero-order valence-electron chi connectivity index (χ0n) is 19.6. The van der Waals surface area contributed by atoms with Crippen molar-refractivity contribution in [2.75, 3.05) is 6.61 Å². The number of hydrogen-bond donors (Lipinski definition) is 3. The lowest BCUT2D eigenvalue weighted by Gasteiger charge is -2.24. The van der Waals surface area contributed by atoms with Gasteiger partial charge >= 0.3 is 5.97 Å². The summed E-state index contributed by atoms with van der Waals surface area (Å²) in [5, 5.41) is 14.4. The van der Waals surface area contributed by atoms with E-state index in [2.05, 4.69) is 22.8 Å². The Morgan fingerprint density at radius 1 is 1.24 bits per heavy atom. The van der Waals surface area contributed by atoms with E-state index in [4.69, 9.17) is 12.6 Å². The normalized spacial score (nSPS) is 24.2. The molecule has 3 rings (SSSR count). The van der Waals surface area contributed by atoms with E-state index in [1.165, 1.54) is 0 Å². The number of nitrogens with one attached hydrogen (secondary N) is 2. The van der Waals surface area contributed by atoms with Gasteiger partial charge in [-0.05, 0) is 44.1 Å². The lowest BCUT2D eigenvalue weighted by atomic mass is 9.89. The summed E-state index contributed by atoms with van der Waals surface area (Å²) in [6, 6.07) is 6.62. The molecule has 1 aromatic carbocycles. The highest BCUT2D eigenvalue weighted by Gasteiger charge is 2.63. The van der Waals surface area contributed by atoms with Gasteiger partial charge < -0.3 is 25.3 Å². The molecule has 1 aromatic rings. The molecule has 8 nitrogen and oxygen atoms in total. The van der Waals surface area contributed by atoms with Gasteiger partial charge in [0, 0.05) is 11.5 Å². The Hall–Kier alpha value is -3.10. The first kappa shape index (κ1) is 25.5. The summed E-state index contributed by atoms with van der Waals surface area (Å²) in [5.74, 6) is -2.51. The number of carbonyl (C=O) groups excluding carboxylic acids is 3. The summed E-state index contributed by atoms with van der Waals surface area (Å²) in [6.45, 7) is 3.49. The molecule has 2 amide bonds. The van der Waals surface area contributed by atoms with Gasteiger partial charge in [-0.2, -0.15) is 0 Å². The van der Waals surface area contributed by atoms with Crippen molar-refractivity contribution in [3.63, 3.8) is 0 Å². The molecule has 0 aliphatic heterocycles. The average molecular weight is 466 g/mol. The molecule has 180 valence electrons. The Morgan fingerprint density at radius 3 is 2.56 bits per heavy atom. The van der Waals surface area contributed by atoms with Gasteiger partial charge in [0.15, 0.2) is 14.5 Å². The van der Waals surface area contributed by atoms with Crippen molar-refractivity contribution in [2.24, 2.45) is 11.8 Å². The van der Waals surface area contributed by atoms with Crippen molar-refractivity contribution in [3.8, 4) is 5.75 Å². The van der Waals surface area contributed by atoms with Crippen molar-refractivity contribution < 1.29 is 29.0 Å². The predicted molar refractivity (Wildman–Crippen MR) is 126 cm³/mol. The van der Waals surface area contributed by atoms with Gasteiger partial charge in [-0.3, -0.25) is 14.4 Å². The molecule has 1 fully saturated rings. The van der Waals surface area contributed by atoms with E-state index in [0.29, 0.717) is 12.2 Å². The molecular formula is C25H31BN2O6. The molecule has 4 atom stereocenters. The van der Waals surface area contributed by atoms with Crippen molar-refractivity contribution in [3.05, 3.63) is 42.0 Å². The first-order valence-corrected chi connectivity index (χ1v) is 11.7. The van der Waals surface area contributed by atoms with Crippen LogP contribution < -0.4 is 15.4 Å². The highest BCUT2D eigenvalue weighted by Crippen LogP contribution is 2.44. The molecule has 0 spiro atoms. The number of carboxylic acids is 1. The number of ether oxygens (including phenoxy) is 1. The number of carboxylic acid groups (broad SMARTS) is 1. The molecule has 3 unspecified atom stereocenters. The predicted octanol–water partition coefficient (Wildman–Crippen LogP) is 2.07. The Bertz CT molecular complexity index is 978. The van der Waals surface area contributed by atoms with Gasteiger partial charge in [-0.1, -0.05) is 44.2 Å². The minimum absolute atomic E-state index is 0.0507. The van der Waals surface area contributed by atoms with Crippen molar-refractivity contribution in [2.45, 2.75) is 63.5 Å². The number of rotatable bonds is 11. The number of benzene rings is 1. The topological polar surface area (TPSA) is 122 Å². The van der Waals surface area contributed by atoms with Gasteiger partial charge in [0.25, 0.3) is 5.91 Å². The number of hydrogen-bond acceptors (Lipinski definition) is 5. The summed E-state index contributed by atoms with van der Waals surface area (Å²) in [7, 11) is 5.37. The minimum Gasteiger partial charge on any atom is -0.483 e. The number of para-hydroxylation sites is 1. The SMILES string of the molecule is [B]C(=O)C1(NC(=O)[C@H](CC(C)C)NC(=O)COc2ccccc2C2C=CCCC2)CC1C(=O)O. The Morgan fingerprint density at radius 2 is 1.97 bits per heavy atom. The van der Waals surface area contributed by atoms with Gasteiger partial charge in [-0.15, -0.1) is 0 Å². The molecule has 34 heavy (non-hydrogen) atoms. The van der Waals surface area contributed by atoms with Crippen LogP contribution in [0.25, 0.3) is 0 Å². The van der Waals surface area contributed by atoms with Crippen LogP contribution in [-0.2, 0) is 19.2 Å². The second-order valence-electron chi connectivity index (χ2n) is 9.46. The zero-order chi connectivity index (χ0) is 24.9. The molecule has 2 aliphatic rings. The molecule has 0 saturated heterocycles. The Kier molecular flexibility index (Phi) is 8.17. The lowest BCUT2D eigenvalue weighted by Crippen LogP contribution is -2.55. The van der Waals surface area contributed by atoms with Crippen molar-refractivity contribution >= 4 is 31.3 Å². The maximum Gasteiger partial charge on any atom is 0.309 e. The van der Waals surface area contributed by atoms with E-state index >= 15 is 0 Å². The number of aliphatic carboxylic acids is 1. The molecule has 0 bridgehead atoms. The Balaban J connectivity index is 1.64. The fourth-order valence-electron chi connectivity index (χ4n) is 4.41. The van der Waals surface area contributed by atoms with Crippen LogP contribution in [0.4, 0.5) is 0 Å². The first-order chi connectivity index (χ1) is 16.1. The van der Waals surface area contributed by atoms with Crippen LogP contribution in [0.5, 0.6) is 5.75 Å². The molecule has 1 saturated carbocycles. The first-order valence-electron chi connectivity index (χ1n) is 11.7. The molecular weight excluding hydrogens is 435 g/mol. The number of allylic oxidation sites excluding steroid dienone is 2. The molecule has 0 heterocycles. The van der Waals surface area contributed by atoms with E-state index in [1.54, 1.807) is 0 Å². The van der Waals surface area contributed by atoms with Gasteiger partial charge in [0.1, 0.15) is 23.0 Å². The summed E-state index contributed by atoms with van der Waals surface area (Å²) in [4.78, 5) is 48.7. The molecule has 9 heteroatoms.